The van der Waals surface area contributed by atoms with Gasteiger partial charge in [-0.15, -0.1) is 0 Å². The van der Waals surface area contributed by atoms with Crippen molar-refractivity contribution in [2.75, 3.05) is 18.5 Å². The second-order valence-electron chi connectivity index (χ2n) is 8.05. The van der Waals surface area contributed by atoms with E-state index >= 15 is 4.39 Å². The molecule has 7 nitrogen and oxygen atoms in total. The van der Waals surface area contributed by atoms with Crippen molar-refractivity contribution in [3.8, 4) is 16.9 Å². The molecular weight excluding hydrogens is 425 g/mol. The minimum Gasteiger partial charge on any atom is -0.481 e. The molecule has 0 saturated carbocycles. The van der Waals surface area contributed by atoms with Gasteiger partial charge < -0.3 is 24.9 Å². The van der Waals surface area contributed by atoms with E-state index in [1.165, 1.54) is 6.20 Å². The highest BCUT2D eigenvalue weighted by atomic mass is 19.1. The Kier molecular flexibility index (Phi) is 5.22. The van der Waals surface area contributed by atoms with Crippen LogP contribution in [0.25, 0.3) is 22.1 Å². The number of carboxylic acids is 1. The summed E-state index contributed by atoms with van der Waals surface area (Å²) in [5.74, 6) is -0.860. The number of pyridine rings is 1. The molecule has 0 saturated heterocycles. The molecule has 1 aliphatic heterocycles. The number of aliphatic carboxylic acids is 1. The van der Waals surface area contributed by atoms with Crippen molar-refractivity contribution in [1.29, 1.82) is 0 Å². The molecule has 0 radical (unpaired) electrons. The lowest BCUT2D eigenvalue weighted by Gasteiger charge is -2.35. The van der Waals surface area contributed by atoms with E-state index in [4.69, 9.17) is 14.9 Å². The third-order valence-electron chi connectivity index (χ3n) is 5.92. The predicted molar refractivity (Wildman–Crippen MR) is 122 cm³/mol. The van der Waals surface area contributed by atoms with Crippen LogP contribution in [0, 0.1) is 5.82 Å². The molecule has 0 bridgehead atoms. The second kappa shape index (κ2) is 8.22. The van der Waals surface area contributed by atoms with Gasteiger partial charge in [-0.05, 0) is 35.9 Å². The van der Waals surface area contributed by atoms with Crippen LogP contribution in [0.2, 0.25) is 0 Å². The van der Waals surface area contributed by atoms with Crippen molar-refractivity contribution in [3.63, 3.8) is 0 Å². The Morgan fingerprint density at radius 3 is 2.91 bits per heavy atom. The number of hydrogen-bond acceptors (Lipinski definition) is 6. The Labute approximate surface area is 189 Å². The average molecular weight is 447 g/mol. The minimum absolute atomic E-state index is 0.0136. The fourth-order valence-electron chi connectivity index (χ4n) is 4.34. The Morgan fingerprint density at radius 2 is 2.12 bits per heavy atom. The van der Waals surface area contributed by atoms with Gasteiger partial charge in [-0.1, -0.05) is 12.1 Å². The van der Waals surface area contributed by atoms with Crippen molar-refractivity contribution in [3.05, 3.63) is 77.6 Å². The molecule has 3 heterocycles. The number of carboxylic acid groups (broad SMARTS) is 1. The van der Waals surface area contributed by atoms with Gasteiger partial charge in [0.15, 0.2) is 5.82 Å². The summed E-state index contributed by atoms with van der Waals surface area (Å²) < 4.78 is 27.2. The van der Waals surface area contributed by atoms with Crippen LogP contribution in [0.3, 0.4) is 0 Å². The van der Waals surface area contributed by atoms with Crippen LogP contribution in [-0.2, 0) is 17.8 Å². The molecule has 0 fully saturated rings. The SMILES string of the molecule is CN1CC(c2cc(-c3ccnc(CN)c3F)c3occc3c2)Oc2c(CC(=O)O)cccc21. The highest BCUT2D eigenvalue weighted by molar-refractivity contribution is 5.93. The molecule has 8 heteroatoms. The van der Waals surface area contributed by atoms with Gasteiger partial charge in [0.1, 0.15) is 17.4 Å². The van der Waals surface area contributed by atoms with Crippen LogP contribution >= 0.6 is 0 Å². The van der Waals surface area contributed by atoms with Gasteiger partial charge in [-0.25, -0.2) is 4.39 Å². The first-order valence-corrected chi connectivity index (χ1v) is 10.5. The predicted octanol–water partition coefficient (Wildman–Crippen LogP) is 4.29. The molecule has 2 aromatic heterocycles. The molecule has 0 spiro atoms. The number of nitrogens with zero attached hydrogens (tertiary/aromatic N) is 2. The van der Waals surface area contributed by atoms with Crippen molar-refractivity contribution < 1.29 is 23.4 Å². The molecular formula is C25H22FN3O4. The summed E-state index contributed by atoms with van der Waals surface area (Å²) in [5, 5.41) is 10.1. The summed E-state index contributed by atoms with van der Waals surface area (Å²) in [6.45, 7) is 0.527. The number of rotatable bonds is 5. The Bertz CT molecular complexity index is 1370. The number of anilines is 1. The monoisotopic (exact) mass is 447 g/mol. The van der Waals surface area contributed by atoms with Crippen LogP contribution in [0.15, 0.2) is 59.3 Å². The lowest BCUT2D eigenvalue weighted by molar-refractivity contribution is -0.136. The van der Waals surface area contributed by atoms with Gasteiger partial charge in [-0.3, -0.25) is 9.78 Å². The summed E-state index contributed by atoms with van der Waals surface area (Å²) in [4.78, 5) is 17.4. The summed E-state index contributed by atoms with van der Waals surface area (Å²) in [6, 6.07) is 12.7. The fraction of sp³-hybridized carbons (Fsp3) is 0.200. The van der Waals surface area contributed by atoms with Gasteiger partial charge in [0.25, 0.3) is 0 Å². The molecule has 168 valence electrons. The zero-order valence-electron chi connectivity index (χ0n) is 17.9. The van der Waals surface area contributed by atoms with Gasteiger partial charge in [-0.2, -0.15) is 0 Å². The molecule has 4 aromatic rings. The van der Waals surface area contributed by atoms with E-state index in [1.807, 2.05) is 42.3 Å². The number of likely N-dealkylation sites (N-methyl/N-ethyl adjacent to an activating group) is 1. The molecule has 0 amide bonds. The third-order valence-corrected chi connectivity index (χ3v) is 5.92. The second-order valence-corrected chi connectivity index (χ2v) is 8.05. The van der Waals surface area contributed by atoms with Gasteiger partial charge in [0.05, 0.1) is 30.6 Å². The maximum atomic E-state index is 15.1. The number of ether oxygens (including phenoxy) is 1. The number of hydrogen-bond donors (Lipinski definition) is 2. The quantitative estimate of drug-likeness (QED) is 0.471. The number of furan rings is 1. The van der Waals surface area contributed by atoms with Crippen LogP contribution in [0.4, 0.5) is 10.1 Å². The lowest BCUT2D eigenvalue weighted by Crippen LogP contribution is -2.32. The Hall–Kier alpha value is -3.91. The maximum Gasteiger partial charge on any atom is 0.307 e. The smallest absolute Gasteiger partial charge is 0.307 e. The standard InChI is InChI=1S/C25H22FN3O4/c1-29-13-21(33-25-14(11-22(30)31)3-2-4-20(25)29)16-9-15-6-8-32-24(15)18(10-16)17-5-7-28-19(12-27)23(17)26/h2-10,21H,11-13,27H2,1H3,(H,30,31). The summed E-state index contributed by atoms with van der Waals surface area (Å²) in [5.41, 5.74) is 9.59. The molecule has 1 aliphatic rings. The van der Waals surface area contributed by atoms with E-state index in [2.05, 4.69) is 4.98 Å². The van der Waals surface area contributed by atoms with Crippen LogP contribution in [0.5, 0.6) is 5.75 Å². The first-order chi connectivity index (χ1) is 16.0. The molecule has 3 N–H and O–H groups in total. The first-order valence-electron chi connectivity index (χ1n) is 10.5. The van der Waals surface area contributed by atoms with Crippen LogP contribution < -0.4 is 15.4 Å². The molecule has 5 rings (SSSR count). The van der Waals surface area contributed by atoms with Crippen molar-refractivity contribution in [1.82, 2.24) is 4.98 Å². The molecule has 0 aliphatic carbocycles. The summed E-state index contributed by atoms with van der Waals surface area (Å²) in [6.07, 6.45) is 2.56. The highest BCUT2D eigenvalue weighted by Gasteiger charge is 2.29. The number of para-hydroxylation sites is 1. The number of nitrogens with two attached hydrogens (primary N) is 1. The van der Waals surface area contributed by atoms with Gasteiger partial charge in [0.2, 0.25) is 0 Å². The largest absolute Gasteiger partial charge is 0.481 e. The number of aromatic nitrogens is 1. The number of fused-ring (bicyclic) bond motifs is 2. The Morgan fingerprint density at radius 1 is 1.27 bits per heavy atom. The number of benzene rings is 2. The summed E-state index contributed by atoms with van der Waals surface area (Å²) >= 11 is 0. The third kappa shape index (κ3) is 3.68. The maximum absolute atomic E-state index is 15.1. The fourth-order valence-corrected chi connectivity index (χ4v) is 4.34. The topological polar surface area (TPSA) is 102 Å². The van der Waals surface area contributed by atoms with Gasteiger partial charge >= 0.3 is 5.97 Å². The van der Waals surface area contributed by atoms with Crippen molar-refractivity contribution in [2.24, 2.45) is 5.73 Å². The normalized spacial score (nSPS) is 15.4. The zero-order chi connectivity index (χ0) is 23.1. The molecule has 1 unspecified atom stereocenters. The van der Waals surface area contributed by atoms with Gasteiger partial charge in [0, 0.05) is 41.9 Å². The number of halogens is 1. The van der Waals surface area contributed by atoms with Crippen LogP contribution in [-0.4, -0.2) is 29.7 Å². The molecule has 2 aromatic carbocycles. The van der Waals surface area contributed by atoms with E-state index < -0.39 is 17.9 Å². The van der Waals surface area contributed by atoms with Crippen LogP contribution in [0.1, 0.15) is 22.9 Å². The first kappa shape index (κ1) is 21.0. The van der Waals surface area contributed by atoms with E-state index in [9.17, 15) is 9.90 Å². The minimum atomic E-state index is -0.928. The van der Waals surface area contributed by atoms with Crippen molar-refractivity contribution >= 4 is 22.6 Å². The Balaban J connectivity index is 1.62. The number of carbonyl (C=O) groups is 1. The summed E-state index contributed by atoms with van der Waals surface area (Å²) in [7, 11) is 1.94. The van der Waals surface area contributed by atoms with Crippen molar-refractivity contribution in [2.45, 2.75) is 19.1 Å². The molecule has 1 atom stereocenters. The van der Waals surface area contributed by atoms with E-state index in [-0.39, 0.29) is 18.7 Å². The average Bonchev–Trinajstić information content (AvgIpc) is 3.28. The lowest BCUT2D eigenvalue weighted by atomic mass is 9.96. The van der Waals surface area contributed by atoms with E-state index in [0.717, 1.165) is 16.6 Å². The highest BCUT2D eigenvalue weighted by Crippen LogP contribution is 2.42. The zero-order valence-corrected chi connectivity index (χ0v) is 17.9. The van der Waals surface area contributed by atoms with E-state index in [0.29, 0.717) is 34.6 Å². The molecule has 33 heavy (non-hydrogen) atoms. The van der Waals surface area contributed by atoms with E-state index in [1.54, 1.807) is 18.4 Å².